The van der Waals surface area contributed by atoms with Crippen molar-refractivity contribution < 1.29 is 4.79 Å². The zero-order valence-corrected chi connectivity index (χ0v) is 14.6. The predicted molar refractivity (Wildman–Crippen MR) is 89.7 cm³/mol. The Hall–Kier alpha value is -0.980. The number of nitrogens with zero attached hydrogens (tertiary/aromatic N) is 4. The molecule has 0 bridgehead atoms. The molecular formula is C16H23BrN4O. The fourth-order valence-electron chi connectivity index (χ4n) is 3.24. The molecule has 2 fully saturated rings. The summed E-state index contributed by atoms with van der Waals surface area (Å²) >= 11 is 3.49. The van der Waals surface area contributed by atoms with Gasteiger partial charge in [-0.25, -0.2) is 0 Å². The molecule has 120 valence electrons. The fourth-order valence-corrected chi connectivity index (χ4v) is 3.69. The molecule has 3 rings (SSSR count). The average Bonchev–Trinajstić information content (AvgIpc) is 2.51. The second-order valence-electron chi connectivity index (χ2n) is 6.26. The summed E-state index contributed by atoms with van der Waals surface area (Å²) in [6, 6.07) is 2.68. The fraction of sp³-hybridized carbons (Fsp3) is 0.625. The molecule has 1 aromatic rings. The third-order valence-corrected chi connectivity index (χ3v) is 5.41. The lowest BCUT2D eigenvalue weighted by molar-refractivity contribution is -0.133. The molecule has 6 heteroatoms. The maximum absolute atomic E-state index is 12.4. The predicted octanol–water partition coefficient (Wildman–Crippen LogP) is 1.23. The molecule has 0 saturated carbocycles. The van der Waals surface area contributed by atoms with E-state index in [0.717, 1.165) is 42.6 Å². The van der Waals surface area contributed by atoms with Crippen molar-refractivity contribution >= 4 is 21.8 Å². The molecule has 1 amide bonds. The number of pyridine rings is 1. The van der Waals surface area contributed by atoms with E-state index in [1.54, 1.807) is 12.4 Å². The van der Waals surface area contributed by atoms with Crippen LogP contribution in [0.15, 0.2) is 22.9 Å². The average molecular weight is 367 g/mol. The van der Waals surface area contributed by atoms with Gasteiger partial charge < -0.3 is 9.80 Å². The van der Waals surface area contributed by atoms with Crippen molar-refractivity contribution in [3.8, 4) is 0 Å². The third-order valence-electron chi connectivity index (χ3n) is 4.69. The molecule has 0 aliphatic carbocycles. The van der Waals surface area contributed by atoms with Crippen molar-refractivity contribution in [2.45, 2.75) is 18.9 Å². The Balaban J connectivity index is 1.43. The van der Waals surface area contributed by atoms with Crippen LogP contribution in [0.4, 0.5) is 0 Å². The summed E-state index contributed by atoms with van der Waals surface area (Å²) in [5, 5.41) is 0. The Labute approximate surface area is 140 Å². The van der Waals surface area contributed by atoms with Gasteiger partial charge in [0.15, 0.2) is 0 Å². The maximum Gasteiger partial charge on any atom is 0.222 e. The van der Waals surface area contributed by atoms with Crippen LogP contribution in [-0.4, -0.2) is 77.9 Å². The van der Waals surface area contributed by atoms with E-state index < -0.39 is 0 Å². The molecule has 2 aliphatic heterocycles. The number of carbonyl (C=O) groups is 1. The first-order chi connectivity index (χ1) is 10.6. The molecule has 1 aromatic heterocycles. The number of hydrogen-bond acceptors (Lipinski definition) is 4. The maximum atomic E-state index is 12.4. The van der Waals surface area contributed by atoms with E-state index in [-0.39, 0.29) is 5.91 Å². The number of carbonyl (C=O) groups excluding carboxylic acids is 1. The van der Waals surface area contributed by atoms with Crippen LogP contribution in [-0.2, 0) is 11.2 Å². The Morgan fingerprint density at radius 1 is 1.32 bits per heavy atom. The van der Waals surface area contributed by atoms with Crippen molar-refractivity contribution in [1.82, 2.24) is 19.7 Å². The van der Waals surface area contributed by atoms with Crippen molar-refractivity contribution in [2.24, 2.45) is 0 Å². The summed E-state index contributed by atoms with van der Waals surface area (Å²) in [6.45, 7) is 6.12. The minimum absolute atomic E-state index is 0.272. The van der Waals surface area contributed by atoms with Crippen LogP contribution in [0.3, 0.4) is 0 Å². The van der Waals surface area contributed by atoms with Crippen LogP contribution >= 0.6 is 15.9 Å². The number of rotatable bonds is 4. The van der Waals surface area contributed by atoms with Crippen LogP contribution in [0.1, 0.15) is 12.0 Å². The summed E-state index contributed by atoms with van der Waals surface area (Å²) < 4.78 is 0.988. The van der Waals surface area contributed by atoms with Gasteiger partial charge in [-0.05, 0) is 41.0 Å². The molecule has 3 heterocycles. The van der Waals surface area contributed by atoms with Gasteiger partial charge in [0.2, 0.25) is 5.91 Å². The number of likely N-dealkylation sites (tertiary alicyclic amines) is 1. The van der Waals surface area contributed by atoms with Gasteiger partial charge in [0.05, 0.1) is 0 Å². The molecule has 22 heavy (non-hydrogen) atoms. The highest BCUT2D eigenvalue weighted by Gasteiger charge is 2.32. The van der Waals surface area contributed by atoms with E-state index in [9.17, 15) is 4.79 Å². The molecule has 2 saturated heterocycles. The van der Waals surface area contributed by atoms with E-state index in [1.165, 1.54) is 13.1 Å². The van der Waals surface area contributed by atoms with Crippen molar-refractivity contribution in [3.63, 3.8) is 0 Å². The van der Waals surface area contributed by atoms with Crippen molar-refractivity contribution in [3.05, 3.63) is 28.5 Å². The molecular weight excluding hydrogens is 344 g/mol. The SMILES string of the molecule is CN1CC(N2CCN(C(=O)CCc3ccncc3Br)CC2)C1. The van der Waals surface area contributed by atoms with E-state index in [0.29, 0.717) is 12.5 Å². The van der Waals surface area contributed by atoms with Crippen LogP contribution < -0.4 is 0 Å². The third kappa shape index (κ3) is 3.67. The van der Waals surface area contributed by atoms with E-state index in [2.05, 4.69) is 37.8 Å². The standard InChI is InChI=1S/C16H23BrN4O/c1-19-11-14(12-19)20-6-8-21(9-7-20)16(22)3-2-13-4-5-18-10-15(13)17/h4-5,10,14H,2-3,6-9,11-12H2,1H3. The lowest BCUT2D eigenvalue weighted by Gasteiger charge is -2.47. The summed E-state index contributed by atoms with van der Waals surface area (Å²) in [5.74, 6) is 0.272. The lowest BCUT2D eigenvalue weighted by Crippen LogP contribution is -2.62. The minimum Gasteiger partial charge on any atom is -0.340 e. The molecule has 0 unspecified atom stereocenters. The van der Waals surface area contributed by atoms with Gasteiger partial charge in [-0.2, -0.15) is 0 Å². The summed E-state index contributed by atoms with van der Waals surface area (Å²) in [5.41, 5.74) is 1.15. The molecule has 2 aliphatic rings. The first-order valence-corrected chi connectivity index (χ1v) is 8.71. The summed E-state index contributed by atoms with van der Waals surface area (Å²) in [6.07, 6.45) is 4.91. The number of aromatic nitrogens is 1. The molecule has 0 radical (unpaired) electrons. The lowest BCUT2D eigenvalue weighted by atomic mass is 10.1. The first-order valence-electron chi connectivity index (χ1n) is 7.92. The quantitative estimate of drug-likeness (QED) is 0.803. The van der Waals surface area contributed by atoms with Gasteiger partial charge in [-0.15, -0.1) is 0 Å². The number of likely N-dealkylation sites (N-methyl/N-ethyl adjacent to an activating group) is 1. The molecule has 0 aromatic carbocycles. The molecule has 0 atom stereocenters. The minimum atomic E-state index is 0.272. The van der Waals surface area contributed by atoms with E-state index >= 15 is 0 Å². The monoisotopic (exact) mass is 366 g/mol. The van der Waals surface area contributed by atoms with E-state index in [1.807, 2.05) is 11.0 Å². The molecule has 0 N–H and O–H groups in total. The number of halogens is 1. The van der Waals surface area contributed by atoms with Gasteiger partial charge in [-0.1, -0.05) is 0 Å². The van der Waals surface area contributed by atoms with Crippen LogP contribution in [0.2, 0.25) is 0 Å². The molecule has 0 spiro atoms. The van der Waals surface area contributed by atoms with Crippen LogP contribution in [0.5, 0.6) is 0 Å². The van der Waals surface area contributed by atoms with Gasteiger partial charge in [0.1, 0.15) is 0 Å². The molecule has 5 nitrogen and oxygen atoms in total. The van der Waals surface area contributed by atoms with Crippen molar-refractivity contribution in [2.75, 3.05) is 46.3 Å². The second-order valence-corrected chi connectivity index (χ2v) is 7.11. The summed E-state index contributed by atoms with van der Waals surface area (Å²) in [4.78, 5) is 23.3. The second kappa shape index (κ2) is 7.06. The zero-order valence-electron chi connectivity index (χ0n) is 13.0. The van der Waals surface area contributed by atoms with Crippen LogP contribution in [0.25, 0.3) is 0 Å². The topological polar surface area (TPSA) is 39.7 Å². The van der Waals surface area contributed by atoms with Gasteiger partial charge in [-0.3, -0.25) is 14.7 Å². The Bertz CT molecular complexity index is 525. The normalized spacial score (nSPS) is 20.9. The number of hydrogen-bond donors (Lipinski definition) is 0. The number of aryl methyl sites for hydroxylation is 1. The van der Waals surface area contributed by atoms with Gasteiger partial charge in [0.25, 0.3) is 0 Å². The van der Waals surface area contributed by atoms with Crippen molar-refractivity contribution in [1.29, 1.82) is 0 Å². The Morgan fingerprint density at radius 2 is 2.05 bits per heavy atom. The summed E-state index contributed by atoms with van der Waals surface area (Å²) in [7, 11) is 2.16. The highest BCUT2D eigenvalue weighted by atomic mass is 79.9. The highest BCUT2D eigenvalue weighted by molar-refractivity contribution is 9.10. The Kier molecular flexibility index (Phi) is 5.10. The van der Waals surface area contributed by atoms with E-state index in [4.69, 9.17) is 0 Å². The Morgan fingerprint density at radius 3 is 2.68 bits per heavy atom. The van der Waals surface area contributed by atoms with Gasteiger partial charge in [0, 0.05) is 68.6 Å². The number of piperazine rings is 1. The first kappa shape index (κ1) is 15.9. The number of amides is 1. The van der Waals surface area contributed by atoms with Crippen LogP contribution in [0, 0.1) is 0 Å². The zero-order chi connectivity index (χ0) is 15.5. The largest absolute Gasteiger partial charge is 0.340 e. The smallest absolute Gasteiger partial charge is 0.222 e. The highest BCUT2D eigenvalue weighted by Crippen LogP contribution is 2.18. The van der Waals surface area contributed by atoms with Gasteiger partial charge >= 0.3 is 0 Å².